The first-order chi connectivity index (χ1) is 10.6. The molecule has 130 valence electrons. The number of fused-ring (bicyclic) bond motifs is 1. The van der Waals surface area contributed by atoms with Gasteiger partial charge in [-0.2, -0.15) is 4.31 Å². The Kier molecular flexibility index (Phi) is 6.13. The number of rotatable bonds is 4. The van der Waals surface area contributed by atoms with Crippen molar-refractivity contribution in [1.29, 1.82) is 0 Å². The average Bonchev–Trinajstić information content (AvgIpc) is 2.55. The number of ether oxygens (including phenoxy) is 2. The van der Waals surface area contributed by atoms with Crippen molar-refractivity contribution in [3.63, 3.8) is 0 Å². The van der Waals surface area contributed by atoms with E-state index in [4.69, 9.17) is 15.2 Å². The Morgan fingerprint density at radius 3 is 2.70 bits per heavy atom. The zero-order valence-electron chi connectivity index (χ0n) is 12.9. The predicted molar refractivity (Wildman–Crippen MR) is 89.8 cm³/mol. The third kappa shape index (κ3) is 3.91. The van der Waals surface area contributed by atoms with Crippen LogP contribution >= 0.6 is 12.4 Å². The third-order valence-electron chi connectivity index (χ3n) is 4.21. The van der Waals surface area contributed by atoms with Gasteiger partial charge >= 0.3 is 0 Å². The van der Waals surface area contributed by atoms with Gasteiger partial charge in [-0.15, -0.1) is 12.4 Å². The fraction of sp³-hybridized carbons (Fsp3) is 0.600. The van der Waals surface area contributed by atoms with Crippen LogP contribution in [0.3, 0.4) is 0 Å². The second kappa shape index (κ2) is 7.70. The molecule has 0 aromatic heterocycles. The molecule has 0 bridgehead atoms. The Labute approximate surface area is 143 Å². The van der Waals surface area contributed by atoms with Gasteiger partial charge in [0.2, 0.25) is 10.0 Å². The van der Waals surface area contributed by atoms with Gasteiger partial charge < -0.3 is 15.2 Å². The highest BCUT2D eigenvalue weighted by atomic mass is 35.5. The minimum Gasteiger partial charge on any atom is -0.486 e. The molecule has 0 radical (unpaired) electrons. The van der Waals surface area contributed by atoms with Crippen LogP contribution in [0.1, 0.15) is 19.3 Å². The molecule has 1 aromatic rings. The van der Waals surface area contributed by atoms with Crippen molar-refractivity contribution in [2.24, 2.45) is 11.7 Å². The molecule has 0 spiro atoms. The van der Waals surface area contributed by atoms with Crippen LogP contribution in [0.4, 0.5) is 0 Å². The molecule has 2 aliphatic heterocycles. The van der Waals surface area contributed by atoms with Gasteiger partial charge in [0, 0.05) is 19.2 Å². The lowest BCUT2D eigenvalue weighted by Gasteiger charge is -2.32. The summed E-state index contributed by atoms with van der Waals surface area (Å²) in [6, 6.07) is 4.83. The van der Waals surface area contributed by atoms with E-state index in [1.165, 1.54) is 0 Å². The van der Waals surface area contributed by atoms with Crippen LogP contribution in [0.15, 0.2) is 23.1 Å². The van der Waals surface area contributed by atoms with Crippen LogP contribution < -0.4 is 15.2 Å². The van der Waals surface area contributed by atoms with Crippen molar-refractivity contribution < 1.29 is 17.9 Å². The SMILES string of the molecule is Cl.NCCC1CCCN(S(=O)(=O)c2ccc3c(c2)OCCO3)C1. The van der Waals surface area contributed by atoms with Crippen molar-refractivity contribution in [2.75, 3.05) is 32.8 Å². The molecule has 1 aromatic carbocycles. The van der Waals surface area contributed by atoms with Crippen molar-refractivity contribution in [1.82, 2.24) is 4.31 Å². The molecule has 2 aliphatic rings. The monoisotopic (exact) mass is 362 g/mol. The fourth-order valence-electron chi connectivity index (χ4n) is 3.05. The standard InChI is InChI=1S/C15H22N2O4S.ClH/c16-6-5-12-2-1-7-17(11-12)22(18,19)13-3-4-14-15(10-13)21-9-8-20-14;/h3-4,10,12H,1-2,5-9,11,16H2;1H. The molecular formula is C15H23ClN2O4S. The van der Waals surface area contributed by atoms with Crippen molar-refractivity contribution in [2.45, 2.75) is 24.2 Å². The Balaban J connectivity index is 0.00000192. The van der Waals surface area contributed by atoms with Gasteiger partial charge in [-0.25, -0.2) is 8.42 Å². The zero-order valence-corrected chi connectivity index (χ0v) is 14.6. The van der Waals surface area contributed by atoms with E-state index in [0.29, 0.717) is 50.3 Å². The van der Waals surface area contributed by atoms with Crippen LogP contribution in [-0.4, -0.2) is 45.6 Å². The Bertz CT molecular complexity index is 636. The molecule has 0 saturated carbocycles. The van der Waals surface area contributed by atoms with Crippen LogP contribution in [-0.2, 0) is 10.0 Å². The minimum absolute atomic E-state index is 0. The van der Waals surface area contributed by atoms with Gasteiger partial charge in [-0.1, -0.05) is 0 Å². The quantitative estimate of drug-likeness (QED) is 0.880. The Hall–Kier alpha value is -1.02. The summed E-state index contributed by atoms with van der Waals surface area (Å²) in [6.45, 7) is 2.65. The molecule has 1 fully saturated rings. The van der Waals surface area contributed by atoms with Gasteiger partial charge in [-0.05, 0) is 43.9 Å². The third-order valence-corrected chi connectivity index (χ3v) is 6.07. The van der Waals surface area contributed by atoms with E-state index in [-0.39, 0.29) is 17.3 Å². The number of halogens is 1. The summed E-state index contributed by atoms with van der Waals surface area (Å²) in [5, 5.41) is 0. The van der Waals surface area contributed by atoms with Crippen LogP contribution in [0.5, 0.6) is 11.5 Å². The number of sulfonamides is 1. The summed E-state index contributed by atoms with van der Waals surface area (Å²) in [7, 11) is -3.49. The number of hydrogen-bond acceptors (Lipinski definition) is 5. The smallest absolute Gasteiger partial charge is 0.243 e. The van der Waals surface area contributed by atoms with Crippen LogP contribution in [0.25, 0.3) is 0 Å². The molecule has 3 rings (SSSR count). The second-order valence-electron chi connectivity index (χ2n) is 5.75. The largest absolute Gasteiger partial charge is 0.486 e. The van der Waals surface area contributed by atoms with Gasteiger partial charge in [0.25, 0.3) is 0 Å². The summed E-state index contributed by atoms with van der Waals surface area (Å²) in [5.41, 5.74) is 5.60. The molecule has 0 aliphatic carbocycles. The molecule has 2 heterocycles. The number of piperidine rings is 1. The van der Waals surface area contributed by atoms with E-state index in [2.05, 4.69) is 0 Å². The molecule has 2 N–H and O–H groups in total. The van der Waals surface area contributed by atoms with Crippen LogP contribution in [0, 0.1) is 5.92 Å². The van der Waals surface area contributed by atoms with Crippen molar-refractivity contribution in [3.05, 3.63) is 18.2 Å². The lowest BCUT2D eigenvalue weighted by Crippen LogP contribution is -2.40. The maximum Gasteiger partial charge on any atom is 0.243 e. The lowest BCUT2D eigenvalue weighted by molar-refractivity contribution is 0.171. The maximum absolute atomic E-state index is 12.8. The maximum atomic E-state index is 12.8. The molecule has 1 saturated heterocycles. The summed E-state index contributed by atoms with van der Waals surface area (Å²) in [6.07, 6.45) is 2.80. The molecule has 8 heteroatoms. The average molecular weight is 363 g/mol. The van der Waals surface area contributed by atoms with Gasteiger partial charge in [0.05, 0.1) is 4.90 Å². The highest BCUT2D eigenvalue weighted by molar-refractivity contribution is 7.89. The molecule has 0 amide bonds. The van der Waals surface area contributed by atoms with E-state index in [9.17, 15) is 8.42 Å². The van der Waals surface area contributed by atoms with E-state index < -0.39 is 10.0 Å². The van der Waals surface area contributed by atoms with Crippen LogP contribution in [0.2, 0.25) is 0 Å². The van der Waals surface area contributed by atoms with Crippen molar-refractivity contribution >= 4 is 22.4 Å². The first-order valence-electron chi connectivity index (χ1n) is 7.71. The first-order valence-corrected chi connectivity index (χ1v) is 9.15. The number of nitrogens with two attached hydrogens (primary N) is 1. The number of hydrogen-bond donors (Lipinski definition) is 1. The summed E-state index contributed by atoms with van der Waals surface area (Å²) in [4.78, 5) is 0.269. The molecule has 1 atom stereocenters. The lowest BCUT2D eigenvalue weighted by atomic mass is 9.96. The molecular weight excluding hydrogens is 340 g/mol. The Morgan fingerprint density at radius 2 is 1.96 bits per heavy atom. The summed E-state index contributed by atoms with van der Waals surface area (Å²) < 4.78 is 38.1. The fourth-order valence-corrected chi connectivity index (χ4v) is 4.62. The van der Waals surface area contributed by atoms with E-state index in [0.717, 1.165) is 19.3 Å². The molecule has 1 unspecified atom stereocenters. The number of nitrogens with zero attached hydrogens (tertiary/aromatic N) is 1. The van der Waals surface area contributed by atoms with E-state index in [1.54, 1.807) is 22.5 Å². The topological polar surface area (TPSA) is 81.9 Å². The summed E-state index contributed by atoms with van der Waals surface area (Å²) >= 11 is 0. The van der Waals surface area contributed by atoms with E-state index >= 15 is 0 Å². The van der Waals surface area contributed by atoms with Crippen molar-refractivity contribution in [3.8, 4) is 11.5 Å². The highest BCUT2D eigenvalue weighted by Crippen LogP contribution is 2.34. The van der Waals surface area contributed by atoms with Gasteiger partial charge in [0.1, 0.15) is 13.2 Å². The zero-order chi connectivity index (χ0) is 15.6. The van der Waals surface area contributed by atoms with E-state index in [1.807, 2.05) is 0 Å². The normalized spacial score (nSPS) is 21.5. The molecule has 6 nitrogen and oxygen atoms in total. The second-order valence-corrected chi connectivity index (χ2v) is 7.69. The summed E-state index contributed by atoms with van der Waals surface area (Å²) in [5.74, 6) is 1.46. The van der Waals surface area contributed by atoms with Gasteiger partial charge in [-0.3, -0.25) is 0 Å². The predicted octanol–water partition coefficient (Wildman–Crippen LogP) is 1.63. The number of benzene rings is 1. The molecule has 23 heavy (non-hydrogen) atoms. The highest BCUT2D eigenvalue weighted by Gasteiger charge is 2.30. The minimum atomic E-state index is -3.49. The van der Waals surface area contributed by atoms with Gasteiger partial charge in [0.15, 0.2) is 11.5 Å². The first kappa shape index (κ1) is 18.3. The Morgan fingerprint density at radius 1 is 1.22 bits per heavy atom.